The number of fused-ring (bicyclic) bond motifs is 1. The van der Waals surface area contributed by atoms with Crippen molar-refractivity contribution in [1.82, 2.24) is 9.88 Å². The lowest BCUT2D eigenvalue weighted by Crippen LogP contribution is -2.34. The number of rotatable bonds is 7. The third kappa shape index (κ3) is 3.13. The summed E-state index contributed by atoms with van der Waals surface area (Å²) in [5, 5.41) is 3.72. The van der Waals surface area contributed by atoms with Crippen LogP contribution in [0.4, 0.5) is 0 Å². The lowest BCUT2D eigenvalue weighted by Gasteiger charge is -2.18. The number of aromatic nitrogens is 1. The van der Waals surface area contributed by atoms with Crippen molar-refractivity contribution >= 4 is 23.1 Å². The predicted octanol–water partition coefficient (Wildman–Crippen LogP) is 2.17. The van der Waals surface area contributed by atoms with Crippen molar-refractivity contribution in [2.24, 2.45) is 0 Å². The Bertz CT molecular complexity index is 633. The molecule has 5 heteroatoms. The first-order valence-electron chi connectivity index (χ1n) is 7.04. The fourth-order valence-electron chi connectivity index (χ4n) is 2.49. The van der Waals surface area contributed by atoms with Crippen LogP contribution in [0.5, 0.6) is 0 Å². The Morgan fingerprint density at radius 1 is 1.43 bits per heavy atom. The number of carbonyl (C=O) groups is 2. The highest BCUT2D eigenvalue weighted by Crippen LogP contribution is 2.25. The third-order valence-corrected chi connectivity index (χ3v) is 3.53. The zero-order chi connectivity index (χ0) is 15.2. The molecular weight excluding hydrogens is 268 g/mol. The Labute approximate surface area is 123 Å². The highest BCUT2D eigenvalue weighted by Gasteiger charge is 2.21. The molecule has 0 spiro atoms. The maximum atomic E-state index is 12.3. The van der Waals surface area contributed by atoms with Crippen molar-refractivity contribution in [3.63, 3.8) is 0 Å². The van der Waals surface area contributed by atoms with Gasteiger partial charge in [-0.05, 0) is 12.5 Å². The minimum Gasteiger partial charge on any atom is -0.383 e. The van der Waals surface area contributed by atoms with Gasteiger partial charge in [0.25, 0.3) is 0 Å². The summed E-state index contributed by atoms with van der Waals surface area (Å²) in [6, 6.07) is 7.28. The minimum atomic E-state index is -0.333. The van der Waals surface area contributed by atoms with E-state index in [1.165, 1.54) is 0 Å². The van der Waals surface area contributed by atoms with Gasteiger partial charge in [0.2, 0.25) is 5.91 Å². The van der Waals surface area contributed by atoms with Crippen molar-refractivity contribution in [2.75, 3.05) is 20.3 Å². The number of benzene rings is 1. The summed E-state index contributed by atoms with van der Waals surface area (Å²) in [6.45, 7) is 2.91. The van der Waals surface area contributed by atoms with Crippen molar-refractivity contribution in [1.29, 1.82) is 0 Å². The van der Waals surface area contributed by atoms with Gasteiger partial charge in [-0.1, -0.05) is 25.1 Å². The lowest BCUT2D eigenvalue weighted by molar-refractivity contribution is -0.124. The van der Waals surface area contributed by atoms with Gasteiger partial charge in [0, 0.05) is 36.3 Å². The second-order valence-corrected chi connectivity index (χ2v) is 4.83. The van der Waals surface area contributed by atoms with E-state index in [2.05, 4.69) is 5.32 Å². The maximum absolute atomic E-state index is 12.3. The number of aldehydes is 1. The number of carbonyl (C=O) groups excluding carboxylic acids is 2. The fraction of sp³-hybridized carbons (Fsp3) is 0.375. The molecular formula is C16H20N2O3. The Morgan fingerprint density at radius 2 is 2.19 bits per heavy atom. The molecule has 21 heavy (non-hydrogen) atoms. The van der Waals surface area contributed by atoms with Gasteiger partial charge in [-0.25, -0.2) is 0 Å². The van der Waals surface area contributed by atoms with Crippen molar-refractivity contribution in [2.45, 2.75) is 19.4 Å². The largest absolute Gasteiger partial charge is 0.383 e. The van der Waals surface area contributed by atoms with Crippen LogP contribution in [0.3, 0.4) is 0 Å². The van der Waals surface area contributed by atoms with Crippen LogP contribution in [0, 0.1) is 0 Å². The van der Waals surface area contributed by atoms with Gasteiger partial charge < -0.3 is 14.6 Å². The molecule has 112 valence electrons. The molecule has 1 N–H and O–H groups in total. The van der Waals surface area contributed by atoms with E-state index in [0.29, 0.717) is 25.1 Å². The van der Waals surface area contributed by atoms with Crippen LogP contribution in [-0.2, 0) is 9.53 Å². The molecule has 1 heterocycles. The summed E-state index contributed by atoms with van der Waals surface area (Å²) in [6.07, 6.45) is 3.23. The minimum absolute atomic E-state index is 0.0623. The fourth-order valence-corrected chi connectivity index (χ4v) is 2.49. The Kier molecular flexibility index (Phi) is 5.11. The predicted molar refractivity (Wildman–Crippen MR) is 81.5 cm³/mol. The number of ether oxygens (including phenoxy) is 1. The van der Waals surface area contributed by atoms with E-state index >= 15 is 0 Å². The van der Waals surface area contributed by atoms with E-state index < -0.39 is 0 Å². The number of nitrogens with zero attached hydrogens (tertiary/aromatic N) is 1. The van der Waals surface area contributed by atoms with Crippen LogP contribution in [0.2, 0.25) is 0 Å². The lowest BCUT2D eigenvalue weighted by atomic mass is 10.2. The van der Waals surface area contributed by atoms with Crippen LogP contribution in [0.25, 0.3) is 10.9 Å². The average Bonchev–Trinajstić information content (AvgIpc) is 2.87. The summed E-state index contributed by atoms with van der Waals surface area (Å²) >= 11 is 0. The van der Waals surface area contributed by atoms with Gasteiger partial charge in [-0.2, -0.15) is 0 Å². The zero-order valence-corrected chi connectivity index (χ0v) is 12.3. The molecule has 0 bridgehead atoms. The monoisotopic (exact) mass is 288 g/mol. The molecule has 1 amide bonds. The standard InChI is InChI=1S/C16H20N2O3/c1-3-14(16(20)17-8-9-21-2)18-10-12(11-19)13-6-4-5-7-15(13)18/h4-7,10-11,14H,3,8-9H2,1-2H3,(H,17,20)/t14-/m0/s1. The molecule has 0 radical (unpaired) electrons. The van der Waals surface area contributed by atoms with E-state index in [1.54, 1.807) is 13.3 Å². The van der Waals surface area contributed by atoms with Gasteiger partial charge in [-0.15, -0.1) is 0 Å². The summed E-state index contributed by atoms with van der Waals surface area (Å²) in [7, 11) is 1.60. The van der Waals surface area contributed by atoms with Crippen molar-refractivity contribution in [3.05, 3.63) is 36.0 Å². The number of hydrogen-bond donors (Lipinski definition) is 1. The molecule has 0 saturated heterocycles. The van der Waals surface area contributed by atoms with Gasteiger partial charge in [-0.3, -0.25) is 9.59 Å². The molecule has 0 fully saturated rings. The normalized spacial score (nSPS) is 12.3. The molecule has 0 saturated carbocycles. The van der Waals surface area contributed by atoms with Crippen LogP contribution < -0.4 is 5.32 Å². The summed E-state index contributed by atoms with van der Waals surface area (Å²) in [5.74, 6) is -0.0623. The first-order valence-corrected chi connectivity index (χ1v) is 7.04. The number of amides is 1. The average molecular weight is 288 g/mol. The second kappa shape index (κ2) is 7.04. The summed E-state index contributed by atoms with van der Waals surface area (Å²) in [4.78, 5) is 23.5. The van der Waals surface area contributed by atoms with Crippen LogP contribution in [-0.4, -0.2) is 37.0 Å². The molecule has 0 aliphatic heterocycles. The van der Waals surface area contributed by atoms with Gasteiger partial charge in [0.1, 0.15) is 6.04 Å². The van der Waals surface area contributed by atoms with E-state index in [9.17, 15) is 9.59 Å². The van der Waals surface area contributed by atoms with Crippen molar-refractivity contribution in [3.8, 4) is 0 Å². The topological polar surface area (TPSA) is 60.3 Å². The molecule has 1 atom stereocenters. The quantitative estimate of drug-likeness (QED) is 0.627. The molecule has 2 aromatic rings. The SMILES string of the molecule is CC[C@@H](C(=O)NCCOC)n1cc(C=O)c2ccccc21. The summed E-state index contributed by atoms with van der Waals surface area (Å²) < 4.78 is 6.81. The number of hydrogen-bond acceptors (Lipinski definition) is 3. The first-order chi connectivity index (χ1) is 10.2. The van der Waals surface area contributed by atoms with Crippen LogP contribution >= 0.6 is 0 Å². The highest BCUT2D eigenvalue weighted by molar-refractivity contribution is 5.98. The Morgan fingerprint density at radius 3 is 2.86 bits per heavy atom. The molecule has 1 aromatic carbocycles. The molecule has 0 aliphatic rings. The summed E-state index contributed by atoms with van der Waals surface area (Å²) in [5.41, 5.74) is 1.50. The number of para-hydroxylation sites is 1. The van der Waals surface area contributed by atoms with E-state index in [4.69, 9.17) is 4.74 Å². The van der Waals surface area contributed by atoms with Gasteiger partial charge in [0.15, 0.2) is 6.29 Å². The van der Waals surface area contributed by atoms with Crippen LogP contribution in [0.15, 0.2) is 30.5 Å². The van der Waals surface area contributed by atoms with Gasteiger partial charge in [0.05, 0.1) is 6.61 Å². The first kappa shape index (κ1) is 15.3. The van der Waals surface area contributed by atoms with Crippen LogP contribution in [0.1, 0.15) is 29.7 Å². The van der Waals surface area contributed by atoms with Gasteiger partial charge >= 0.3 is 0 Å². The highest BCUT2D eigenvalue weighted by atomic mass is 16.5. The van der Waals surface area contributed by atoms with E-state index in [0.717, 1.165) is 17.2 Å². The smallest absolute Gasteiger partial charge is 0.243 e. The zero-order valence-electron chi connectivity index (χ0n) is 12.3. The molecule has 1 aromatic heterocycles. The molecule has 0 aliphatic carbocycles. The molecule has 5 nitrogen and oxygen atoms in total. The van der Waals surface area contributed by atoms with E-state index in [-0.39, 0.29) is 11.9 Å². The second-order valence-electron chi connectivity index (χ2n) is 4.83. The maximum Gasteiger partial charge on any atom is 0.243 e. The Hall–Kier alpha value is -2.14. The Balaban J connectivity index is 2.34. The molecule has 0 unspecified atom stereocenters. The number of methoxy groups -OCH3 is 1. The number of nitrogens with one attached hydrogen (secondary N) is 1. The molecule has 2 rings (SSSR count). The van der Waals surface area contributed by atoms with Crippen molar-refractivity contribution < 1.29 is 14.3 Å². The third-order valence-electron chi connectivity index (χ3n) is 3.53. The van der Waals surface area contributed by atoms with E-state index in [1.807, 2.05) is 35.8 Å².